The summed E-state index contributed by atoms with van der Waals surface area (Å²) in [5.41, 5.74) is 1.56. The standard InChI is InChI=1S/C26H27N3O6/c1-27-26(31)23(15-19-9-5-3-6-10-19)28(17-20-11-7-4-8-12-20)25(30)18-35-21-13-14-22(29(32)33)24(16-21)34-2/h3-14,16,23H,15,17-18H2,1-2H3,(H,27,31)/t23-/m1/s1. The van der Waals surface area contributed by atoms with E-state index >= 15 is 0 Å². The fraction of sp³-hybridized carbons (Fsp3) is 0.231. The largest absolute Gasteiger partial charge is 0.490 e. The Morgan fingerprint density at radius 2 is 1.63 bits per heavy atom. The summed E-state index contributed by atoms with van der Waals surface area (Å²) in [6, 6.07) is 22.1. The van der Waals surface area contributed by atoms with E-state index in [0.717, 1.165) is 11.1 Å². The number of carbonyl (C=O) groups excluding carboxylic acids is 2. The van der Waals surface area contributed by atoms with E-state index in [1.165, 1.54) is 37.3 Å². The van der Waals surface area contributed by atoms with Crippen LogP contribution in [0, 0.1) is 10.1 Å². The van der Waals surface area contributed by atoms with E-state index in [-0.39, 0.29) is 36.2 Å². The van der Waals surface area contributed by atoms with Crippen LogP contribution in [0.2, 0.25) is 0 Å². The lowest BCUT2D eigenvalue weighted by molar-refractivity contribution is -0.385. The minimum atomic E-state index is -0.773. The smallest absolute Gasteiger partial charge is 0.311 e. The molecule has 1 atom stereocenters. The summed E-state index contributed by atoms with van der Waals surface area (Å²) in [5, 5.41) is 13.8. The highest BCUT2D eigenvalue weighted by atomic mass is 16.6. The zero-order valence-electron chi connectivity index (χ0n) is 19.5. The lowest BCUT2D eigenvalue weighted by Gasteiger charge is -2.31. The highest BCUT2D eigenvalue weighted by Gasteiger charge is 2.30. The molecule has 0 aromatic heterocycles. The van der Waals surface area contributed by atoms with E-state index < -0.39 is 16.9 Å². The summed E-state index contributed by atoms with van der Waals surface area (Å²) in [4.78, 5) is 38.3. The van der Waals surface area contributed by atoms with Crippen LogP contribution in [-0.2, 0) is 22.6 Å². The van der Waals surface area contributed by atoms with Crippen molar-refractivity contribution in [3.63, 3.8) is 0 Å². The van der Waals surface area contributed by atoms with Gasteiger partial charge in [0.2, 0.25) is 11.7 Å². The number of methoxy groups -OCH3 is 1. The van der Waals surface area contributed by atoms with Gasteiger partial charge in [-0.1, -0.05) is 60.7 Å². The molecular formula is C26H27N3O6. The van der Waals surface area contributed by atoms with Crippen LogP contribution in [0.25, 0.3) is 0 Å². The Kier molecular flexibility index (Phi) is 8.77. The van der Waals surface area contributed by atoms with Crippen molar-refractivity contribution in [1.82, 2.24) is 10.2 Å². The molecule has 0 radical (unpaired) electrons. The molecule has 0 fully saturated rings. The Morgan fingerprint density at radius 3 is 2.20 bits per heavy atom. The Labute approximate surface area is 203 Å². The molecule has 9 nitrogen and oxygen atoms in total. The summed E-state index contributed by atoms with van der Waals surface area (Å²) >= 11 is 0. The third-order valence-electron chi connectivity index (χ3n) is 5.42. The number of nitro groups is 1. The number of nitrogens with zero attached hydrogens (tertiary/aromatic N) is 2. The highest BCUT2D eigenvalue weighted by Crippen LogP contribution is 2.30. The Morgan fingerprint density at radius 1 is 1.00 bits per heavy atom. The zero-order valence-corrected chi connectivity index (χ0v) is 19.5. The molecule has 0 saturated carbocycles. The third kappa shape index (κ3) is 6.80. The van der Waals surface area contributed by atoms with Crippen LogP contribution in [-0.4, -0.2) is 48.4 Å². The number of nitrogens with one attached hydrogen (secondary N) is 1. The maximum absolute atomic E-state index is 13.4. The van der Waals surface area contributed by atoms with Crippen molar-refractivity contribution < 1.29 is 24.0 Å². The fourth-order valence-electron chi connectivity index (χ4n) is 3.63. The molecule has 0 aliphatic heterocycles. The molecule has 3 aromatic carbocycles. The molecule has 0 unspecified atom stereocenters. The predicted molar refractivity (Wildman–Crippen MR) is 130 cm³/mol. The number of ether oxygens (including phenoxy) is 2. The molecule has 3 aromatic rings. The van der Waals surface area contributed by atoms with Crippen molar-refractivity contribution in [3.8, 4) is 11.5 Å². The first-order valence-electron chi connectivity index (χ1n) is 11.0. The summed E-state index contributed by atoms with van der Waals surface area (Å²) in [6.07, 6.45) is 0.324. The molecule has 182 valence electrons. The third-order valence-corrected chi connectivity index (χ3v) is 5.42. The molecule has 0 bridgehead atoms. The number of hydrogen-bond acceptors (Lipinski definition) is 6. The quantitative estimate of drug-likeness (QED) is 0.335. The van der Waals surface area contributed by atoms with Crippen molar-refractivity contribution >= 4 is 17.5 Å². The Balaban J connectivity index is 1.85. The van der Waals surface area contributed by atoms with E-state index in [4.69, 9.17) is 9.47 Å². The normalized spacial score (nSPS) is 11.3. The van der Waals surface area contributed by atoms with Crippen LogP contribution in [0.15, 0.2) is 78.9 Å². The van der Waals surface area contributed by atoms with Gasteiger partial charge in [0.15, 0.2) is 6.61 Å². The van der Waals surface area contributed by atoms with Gasteiger partial charge in [-0.25, -0.2) is 0 Å². The minimum Gasteiger partial charge on any atom is -0.490 e. The SMILES string of the molecule is CNC(=O)[C@@H](Cc1ccccc1)N(Cc1ccccc1)C(=O)COc1ccc([N+](=O)[O-])c(OC)c1. The summed E-state index contributed by atoms with van der Waals surface area (Å²) < 4.78 is 10.7. The number of amides is 2. The molecule has 0 saturated heterocycles. The molecule has 35 heavy (non-hydrogen) atoms. The van der Waals surface area contributed by atoms with E-state index in [0.29, 0.717) is 6.42 Å². The topological polar surface area (TPSA) is 111 Å². The van der Waals surface area contributed by atoms with Gasteiger partial charge in [0.25, 0.3) is 5.91 Å². The first-order valence-corrected chi connectivity index (χ1v) is 11.0. The van der Waals surface area contributed by atoms with E-state index in [1.807, 2.05) is 60.7 Å². The second kappa shape index (κ2) is 12.2. The second-order valence-electron chi connectivity index (χ2n) is 7.71. The molecule has 2 amide bonds. The van der Waals surface area contributed by atoms with Gasteiger partial charge in [0.1, 0.15) is 11.8 Å². The van der Waals surface area contributed by atoms with Crippen LogP contribution in [0.3, 0.4) is 0 Å². The second-order valence-corrected chi connectivity index (χ2v) is 7.71. The van der Waals surface area contributed by atoms with E-state index in [2.05, 4.69) is 5.32 Å². The number of benzene rings is 3. The fourth-order valence-corrected chi connectivity index (χ4v) is 3.63. The minimum absolute atomic E-state index is 0.0217. The average molecular weight is 478 g/mol. The molecular weight excluding hydrogens is 450 g/mol. The summed E-state index contributed by atoms with van der Waals surface area (Å²) in [5.74, 6) is -0.445. The van der Waals surface area contributed by atoms with Crippen molar-refractivity contribution in [2.75, 3.05) is 20.8 Å². The zero-order chi connectivity index (χ0) is 25.2. The first-order chi connectivity index (χ1) is 16.9. The molecule has 9 heteroatoms. The van der Waals surface area contributed by atoms with Gasteiger partial charge in [-0.2, -0.15) is 0 Å². The van der Waals surface area contributed by atoms with Gasteiger partial charge in [-0.15, -0.1) is 0 Å². The van der Waals surface area contributed by atoms with Crippen LogP contribution in [0.4, 0.5) is 5.69 Å². The Bertz CT molecular complexity index is 1150. The first kappa shape index (κ1) is 25.2. The van der Waals surface area contributed by atoms with Crippen LogP contribution in [0.1, 0.15) is 11.1 Å². The maximum Gasteiger partial charge on any atom is 0.311 e. The van der Waals surface area contributed by atoms with Crippen molar-refractivity contribution in [2.45, 2.75) is 19.0 Å². The number of rotatable bonds is 11. The van der Waals surface area contributed by atoms with Crippen LogP contribution in [0.5, 0.6) is 11.5 Å². The molecule has 0 aliphatic rings. The number of likely N-dealkylation sites (N-methyl/N-ethyl adjacent to an activating group) is 1. The number of carbonyl (C=O) groups is 2. The van der Waals surface area contributed by atoms with Crippen molar-refractivity contribution in [2.24, 2.45) is 0 Å². The van der Waals surface area contributed by atoms with Crippen LogP contribution < -0.4 is 14.8 Å². The van der Waals surface area contributed by atoms with E-state index in [1.54, 1.807) is 0 Å². The maximum atomic E-state index is 13.4. The number of hydrogen-bond donors (Lipinski definition) is 1. The van der Waals surface area contributed by atoms with Gasteiger partial charge in [0.05, 0.1) is 12.0 Å². The highest BCUT2D eigenvalue weighted by molar-refractivity contribution is 5.88. The summed E-state index contributed by atoms with van der Waals surface area (Å²) in [6.45, 7) is -0.159. The molecule has 0 heterocycles. The summed E-state index contributed by atoms with van der Waals surface area (Å²) in [7, 11) is 2.85. The van der Waals surface area contributed by atoms with Crippen molar-refractivity contribution in [3.05, 3.63) is 100 Å². The van der Waals surface area contributed by atoms with Gasteiger partial charge in [-0.05, 0) is 17.2 Å². The van der Waals surface area contributed by atoms with E-state index in [9.17, 15) is 19.7 Å². The molecule has 0 spiro atoms. The molecule has 1 N–H and O–H groups in total. The van der Waals surface area contributed by atoms with Crippen LogP contribution >= 0.6 is 0 Å². The predicted octanol–water partition coefficient (Wildman–Crippen LogP) is 3.37. The van der Waals surface area contributed by atoms with Gasteiger partial charge < -0.3 is 19.7 Å². The van der Waals surface area contributed by atoms with Gasteiger partial charge >= 0.3 is 5.69 Å². The number of nitro benzene ring substituents is 1. The van der Waals surface area contributed by atoms with Crippen molar-refractivity contribution in [1.29, 1.82) is 0 Å². The van der Waals surface area contributed by atoms with Gasteiger partial charge in [0, 0.05) is 32.1 Å². The monoisotopic (exact) mass is 477 g/mol. The lowest BCUT2D eigenvalue weighted by atomic mass is 10.0. The van der Waals surface area contributed by atoms with Gasteiger partial charge in [-0.3, -0.25) is 19.7 Å². The lowest BCUT2D eigenvalue weighted by Crippen LogP contribution is -2.51. The molecule has 0 aliphatic carbocycles. The average Bonchev–Trinajstić information content (AvgIpc) is 2.89. The Hall–Kier alpha value is -4.40. The molecule has 3 rings (SSSR count).